The largest absolute Gasteiger partial charge is 0.393 e. The third-order valence-electron chi connectivity index (χ3n) is 3.24. The monoisotopic (exact) mass is 243 g/mol. The molecule has 0 saturated carbocycles. The van der Waals surface area contributed by atoms with E-state index >= 15 is 0 Å². The standard InChI is InChI=1S/C14H29NO2/c1-6-12(16)8-7-9-15-10-13(2,3)17-14(4,5)11-15/h12,16H,6-11H2,1-5H3. The van der Waals surface area contributed by atoms with Gasteiger partial charge in [0.1, 0.15) is 0 Å². The van der Waals surface area contributed by atoms with Crippen molar-refractivity contribution in [3.05, 3.63) is 0 Å². The van der Waals surface area contributed by atoms with Gasteiger partial charge in [0.05, 0.1) is 17.3 Å². The van der Waals surface area contributed by atoms with Crippen molar-refractivity contribution < 1.29 is 9.84 Å². The van der Waals surface area contributed by atoms with Gasteiger partial charge in [-0.3, -0.25) is 4.90 Å². The summed E-state index contributed by atoms with van der Waals surface area (Å²) in [6.07, 6.45) is 2.72. The van der Waals surface area contributed by atoms with Gasteiger partial charge in [0.2, 0.25) is 0 Å². The van der Waals surface area contributed by atoms with E-state index in [4.69, 9.17) is 4.74 Å². The number of morpholine rings is 1. The van der Waals surface area contributed by atoms with Crippen LogP contribution in [0, 0.1) is 0 Å². The summed E-state index contributed by atoms with van der Waals surface area (Å²) >= 11 is 0. The molecule has 102 valence electrons. The topological polar surface area (TPSA) is 32.7 Å². The van der Waals surface area contributed by atoms with E-state index < -0.39 is 0 Å². The number of hydrogen-bond acceptors (Lipinski definition) is 3. The van der Waals surface area contributed by atoms with Gasteiger partial charge in [-0.1, -0.05) is 6.92 Å². The predicted molar refractivity (Wildman–Crippen MR) is 71.2 cm³/mol. The van der Waals surface area contributed by atoms with Crippen molar-refractivity contribution in [2.45, 2.75) is 71.2 Å². The number of aliphatic hydroxyl groups is 1. The third kappa shape index (κ3) is 5.36. The Bertz CT molecular complexity index is 222. The van der Waals surface area contributed by atoms with Crippen molar-refractivity contribution in [2.24, 2.45) is 0 Å². The SMILES string of the molecule is CCC(O)CCCN1CC(C)(C)OC(C)(C)C1. The summed E-state index contributed by atoms with van der Waals surface area (Å²) in [5.41, 5.74) is -0.129. The second-order valence-electron chi connectivity index (χ2n) is 6.54. The molecule has 0 aromatic heterocycles. The Kier molecular flexibility index (Phi) is 4.99. The highest BCUT2D eigenvalue weighted by molar-refractivity contribution is 4.88. The average Bonchev–Trinajstić information content (AvgIpc) is 2.12. The molecule has 1 atom stereocenters. The number of aliphatic hydroxyl groups excluding tert-OH is 1. The van der Waals surface area contributed by atoms with E-state index in [1.165, 1.54) is 0 Å². The van der Waals surface area contributed by atoms with E-state index in [0.717, 1.165) is 38.9 Å². The Labute approximate surface area is 106 Å². The molecule has 1 aliphatic rings. The molecule has 1 unspecified atom stereocenters. The molecule has 0 amide bonds. The lowest BCUT2D eigenvalue weighted by molar-refractivity contribution is -0.180. The van der Waals surface area contributed by atoms with Crippen molar-refractivity contribution >= 4 is 0 Å². The molecule has 3 heteroatoms. The van der Waals surface area contributed by atoms with Crippen molar-refractivity contribution in [3.63, 3.8) is 0 Å². The zero-order chi connectivity index (χ0) is 13.1. The van der Waals surface area contributed by atoms with Gasteiger partial charge in [-0.2, -0.15) is 0 Å². The first-order chi connectivity index (χ1) is 7.74. The molecule has 1 saturated heterocycles. The summed E-state index contributed by atoms with van der Waals surface area (Å²) in [6.45, 7) is 13.7. The van der Waals surface area contributed by atoms with Gasteiger partial charge in [0.15, 0.2) is 0 Å². The number of rotatable bonds is 5. The van der Waals surface area contributed by atoms with Crippen LogP contribution in [0.15, 0.2) is 0 Å². The van der Waals surface area contributed by atoms with Crippen molar-refractivity contribution in [2.75, 3.05) is 19.6 Å². The minimum Gasteiger partial charge on any atom is -0.393 e. The quantitative estimate of drug-likeness (QED) is 0.805. The van der Waals surface area contributed by atoms with Crippen LogP contribution in [0.4, 0.5) is 0 Å². The van der Waals surface area contributed by atoms with E-state index in [0.29, 0.717) is 0 Å². The predicted octanol–water partition coefficient (Wildman–Crippen LogP) is 2.43. The van der Waals surface area contributed by atoms with Gasteiger partial charge >= 0.3 is 0 Å². The third-order valence-corrected chi connectivity index (χ3v) is 3.24. The maximum atomic E-state index is 9.55. The van der Waals surface area contributed by atoms with Gasteiger partial charge in [-0.05, 0) is 53.5 Å². The minimum absolute atomic E-state index is 0.0644. The van der Waals surface area contributed by atoms with Crippen LogP contribution < -0.4 is 0 Å². The lowest BCUT2D eigenvalue weighted by atomic mass is 9.98. The first-order valence-electron chi connectivity index (χ1n) is 6.85. The molecule has 1 fully saturated rings. The van der Waals surface area contributed by atoms with Crippen LogP contribution in [0.2, 0.25) is 0 Å². The van der Waals surface area contributed by atoms with Gasteiger partial charge < -0.3 is 9.84 Å². The summed E-state index contributed by atoms with van der Waals surface area (Å²) in [7, 11) is 0. The van der Waals surface area contributed by atoms with E-state index in [9.17, 15) is 5.11 Å². The fourth-order valence-corrected chi connectivity index (χ4v) is 2.86. The van der Waals surface area contributed by atoms with Gasteiger partial charge in [0, 0.05) is 13.1 Å². The summed E-state index contributed by atoms with van der Waals surface area (Å²) in [6, 6.07) is 0. The van der Waals surface area contributed by atoms with Crippen molar-refractivity contribution in [1.82, 2.24) is 4.90 Å². The van der Waals surface area contributed by atoms with Gasteiger partial charge in [0.25, 0.3) is 0 Å². The minimum atomic E-state index is -0.128. The fourth-order valence-electron chi connectivity index (χ4n) is 2.86. The summed E-state index contributed by atoms with van der Waals surface area (Å²) in [4.78, 5) is 2.46. The van der Waals surface area contributed by atoms with Crippen LogP contribution in [0.3, 0.4) is 0 Å². The molecule has 0 aromatic rings. The molecule has 1 N–H and O–H groups in total. The zero-order valence-corrected chi connectivity index (χ0v) is 12.1. The Balaban J connectivity index is 2.38. The highest BCUT2D eigenvalue weighted by Crippen LogP contribution is 2.28. The van der Waals surface area contributed by atoms with Crippen molar-refractivity contribution in [1.29, 1.82) is 0 Å². The van der Waals surface area contributed by atoms with E-state index in [2.05, 4.69) is 32.6 Å². The molecule has 17 heavy (non-hydrogen) atoms. The Morgan fingerprint density at radius 2 is 1.71 bits per heavy atom. The second-order valence-corrected chi connectivity index (χ2v) is 6.54. The van der Waals surface area contributed by atoms with Crippen LogP contribution in [0.1, 0.15) is 53.9 Å². The Morgan fingerprint density at radius 1 is 1.18 bits per heavy atom. The highest BCUT2D eigenvalue weighted by Gasteiger charge is 2.37. The number of nitrogens with zero attached hydrogens (tertiary/aromatic N) is 1. The van der Waals surface area contributed by atoms with Crippen LogP contribution in [-0.2, 0) is 4.74 Å². The first kappa shape index (κ1) is 14.9. The summed E-state index contributed by atoms with van der Waals surface area (Å²) < 4.78 is 6.05. The molecule has 1 heterocycles. The van der Waals surface area contributed by atoms with E-state index in [1.807, 2.05) is 6.92 Å². The van der Waals surface area contributed by atoms with E-state index in [1.54, 1.807) is 0 Å². The first-order valence-corrected chi connectivity index (χ1v) is 6.85. The molecule has 1 aliphatic heterocycles. The zero-order valence-electron chi connectivity index (χ0n) is 12.1. The number of ether oxygens (including phenoxy) is 1. The highest BCUT2D eigenvalue weighted by atomic mass is 16.5. The maximum Gasteiger partial charge on any atom is 0.0760 e. The average molecular weight is 243 g/mol. The molecule has 0 radical (unpaired) electrons. The molecular formula is C14H29NO2. The van der Waals surface area contributed by atoms with Crippen LogP contribution in [0.25, 0.3) is 0 Å². The maximum absolute atomic E-state index is 9.55. The van der Waals surface area contributed by atoms with E-state index in [-0.39, 0.29) is 17.3 Å². The lowest BCUT2D eigenvalue weighted by Crippen LogP contribution is -2.57. The normalized spacial score (nSPS) is 25.8. The molecule has 0 bridgehead atoms. The Hall–Kier alpha value is -0.120. The molecule has 0 aliphatic carbocycles. The second kappa shape index (κ2) is 5.68. The van der Waals surface area contributed by atoms with Crippen LogP contribution in [-0.4, -0.2) is 46.9 Å². The molecular weight excluding hydrogens is 214 g/mol. The molecule has 1 rings (SSSR count). The molecule has 3 nitrogen and oxygen atoms in total. The van der Waals surface area contributed by atoms with Crippen molar-refractivity contribution in [3.8, 4) is 0 Å². The fraction of sp³-hybridized carbons (Fsp3) is 1.00. The molecule has 0 spiro atoms. The van der Waals surface area contributed by atoms with Gasteiger partial charge in [-0.25, -0.2) is 0 Å². The molecule has 0 aromatic carbocycles. The lowest BCUT2D eigenvalue weighted by Gasteiger charge is -2.47. The van der Waals surface area contributed by atoms with Crippen LogP contribution >= 0.6 is 0 Å². The summed E-state index contributed by atoms with van der Waals surface area (Å²) in [5, 5.41) is 9.55. The smallest absolute Gasteiger partial charge is 0.0760 e. The van der Waals surface area contributed by atoms with Crippen LogP contribution in [0.5, 0.6) is 0 Å². The Morgan fingerprint density at radius 3 is 2.18 bits per heavy atom. The number of hydrogen-bond donors (Lipinski definition) is 1. The summed E-state index contributed by atoms with van der Waals surface area (Å²) in [5.74, 6) is 0. The van der Waals surface area contributed by atoms with Gasteiger partial charge in [-0.15, -0.1) is 0 Å².